The van der Waals surface area contributed by atoms with E-state index in [4.69, 9.17) is 5.73 Å². The molecule has 1 amide bonds. The highest BCUT2D eigenvalue weighted by Crippen LogP contribution is 2.37. The molecule has 0 aliphatic heterocycles. The molecular formula is C29H30F6N8O2. The van der Waals surface area contributed by atoms with Gasteiger partial charge in [-0.15, -0.1) is 0 Å². The number of halogens is 6. The number of nitrogens with two attached hydrogens (primary N) is 1. The van der Waals surface area contributed by atoms with Gasteiger partial charge in [0.25, 0.3) is 12.3 Å². The van der Waals surface area contributed by atoms with Gasteiger partial charge in [-0.2, -0.15) is 18.3 Å². The molecule has 1 aliphatic carbocycles. The molecule has 16 heteroatoms. The minimum Gasteiger partial charge on any atom is -0.349 e. The average molecular weight is 637 g/mol. The quantitative estimate of drug-likeness (QED) is 0.191. The smallest absolute Gasteiger partial charge is 0.349 e. The lowest BCUT2D eigenvalue weighted by Gasteiger charge is -2.31. The van der Waals surface area contributed by atoms with Gasteiger partial charge in [-0.3, -0.25) is 18.7 Å². The zero-order valence-corrected chi connectivity index (χ0v) is 24.2. The maximum Gasteiger partial charge on any atom is 0.435 e. The molecule has 1 atom stereocenters. The number of carbonyl (C=O) groups excluding carboxylic acids is 2. The third kappa shape index (κ3) is 6.95. The van der Waals surface area contributed by atoms with E-state index in [-0.39, 0.29) is 58.6 Å². The number of alkyl halides is 5. The van der Waals surface area contributed by atoms with Crippen molar-refractivity contribution in [2.24, 2.45) is 11.7 Å². The van der Waals surface area contributed by atoms with E-state index in [1.165, 1.54) is 29.8 Å². The van der Waals surface area contributed by atoms with Gasteiger partial charge in [-0.05, 0) is 50.8 Å². The third-order valence-corrected chi connectivity index (χ3v) is 7.67. The van der Waals surface area contributed by atoms with Crippen LogP contribution in [-0.4, -0.2) is 54.3 Å². The molecular weight excluding hydrogens is 606 g/mol. The standard InChI is InChI=1S/C29H30F6N8O2/c1-14-7-18(10-20(30)24(14)28(45)39-15(2)3-4-22(44)16-8-17(36)9-16)40-26-27-38-11-21(43(27)6-5-37-26)19-12-42(13-23(31)32)41-25(19)29(33,34)35/h5-7,10-12,15-17,23H,3-4,8-9,13,36H2,1-2H3,(H,37,40)(H,39,45)/t15-,16-,17+/m1/s1. The van der Waals surface area contributed by atoms with Crippen LogP contribution >= 0.6 is 0 Å². The third-order valence-electron chi connectivity index (χ3n) is 7.67. The zero-order chi connectivity index (χ0) is 32.6. The van der Waals surface area contributed by atoms with Crippen molar-refractivity contribution in [2.45, 2.75) is 70.8 Å². The highest BCUT2D eigenvalue weighted by atomic mass is 19.4. The number of fused-ring (bicyclic) bond motifs is 1. The van der Waals surface area contributed by atoms with Gasteiger partial charge in [-0.25, -0.2) is 23.1 Å². The summed E-state index contributed by atoms with van der Waals surface area (Å²) in [6, 6.07) is 2.24. The normalized spacial score (nSPS) is 17.4. The largest absolute Gasteiger partial charge is 0.435 e. The van der Waals surface area contributed by atoms with Gasteiger partial charge in [0.15, 0.2) is 17.2 Å². The molecule has 3 aromatic heterocycles. The molecule has 0 bridgehead atoms. The summed E-state index contributed by atoms with van der Waals surface area (Å²) in [4.78, 5) is 33.5. The Morgan fingerprint density at radius 3 is 2.56 bits per heavy atom. The molecule has 1 aromatic carbocycles. The van der Waals surface area contributed by atoms with Crippen LogP contribution in [0.3, 0.4) is 0 Å². The first-order valence-corrected chi connectivity index (χ1v) is 14.1. The van der Waals surface area contributed by atoms with Gasteiger partial charge in [0.2, 0.25) is 0 Å². The van der Waals surface area contributed by atoms with Gasteiger partial charge in [0.1, 0.15) is 18.1 Å². The number of benzene rings is 1. The second-order valence-electron chi connectivity index (χ2n) is 11.2. The summed E-state index contributed by atoms with van der Waals surface area (Å²) in [6.45, 7) is 2.24. The summed E-state index contributed by atoms with van der Waals surface area (Å²) >= 11 is 0. The monoisotopic (exact) mass is 636 g/mol. The van der Waals surface area contributed by atoms with Crippen molar-refractivity contribution in [3.05, 3.63) is 59.6 Å². The zero-order valence-electron chi connectivity index (χ0n) is 24.2. The number of hydrogen-bond donors (Lipinski definition) is 3. The van der Waals surface area contributed by atoms with E-state index in [1.807, 2.05) is 0 Å². The van der Waals surface area contributed by atoms with Crippen molar-refractivity contribution in [3.63, 3.8) is 0 Å². The number of anilines is 2. The Morgan fingerprint density at radius 1 is 1.18 bits per heavy atom. The van der Waals surface area contributed by atoms with E-state index in [2.05, 4.69) is 25.7 Å². The molecule has 45 heavy (non-hydrogen) atoms. The molecule has 0 spiro atoms. The number of Topliss-reactive ketones (excluding diaryl/α,β-unsaturated/α-hetero) is 1. The maximum absolute atomic E-state index is 15.2. The van der Waals surface area contributed by atoms with Crippen molar-refractivity contribution in [1.82, 2.24) is 29.5 Å². The summed E-state index contributed by atoms with van der Waals surface area (Å²) in [5.41, 5.74) is 4.20. The molecule has 1 aliphatic rings. The summed E-state index contributed by atoms with van der Waals surface area (Å²) in [7, 11) is 0. The highest BCUT2D eigenvalue weighted by Gasteiger charge is 2.38. The van der Waals surface area contributed by atoms with Crippen LogP contribution in [0, 0.1) is 18.7 Å². The van der Waals surface area contributed by atoms with E-state index >= 15 is 4.39 Å². The molecule has 240 valence electrons. The van der Waals surface area contributed by atoms with E-state index < -0.39 is 42.1 Å². The first-order valence-electron chi connectivity index (χ1n) is 14.1. The summed E-state index contributed by atoms with van der Waals surface area (Å²) < 4.78 is 83.9. The summed E-state index contributed by atoms with van der Waals surface area (Å²) in [6.07, 6.45) is -1.22. The fourth-order valence-corrected chi connectivity index (χ4v) is 5.36. The number of imidazole rings is 1. The molecule has 1 fully saturated rings. The molecule has 4 aromatic rings. The number of amides is 1. The Bertz CT molecular complexity index is 1700. The topological polar surface area (TPSA) is 132 Å². The number of aromatic nitrogens is 5. The SMILES string of the molecule is Cc1cc(Nc2nccn3c(-c4cn(CC(F)F)nc4C(F)(F)F)cnc23)cc(F)c1C(=O)N[C@H](C)CCC(=O)[C@H]1C[C@@H](N)C1. The molecule has 0 saturated heterocycles. The van der Waals surface area contributed by atoms with Gasteiger partial charge in [0, 0.05) is 48.7 Å². The fraction of sp³-hybridized carbons (Fsp3) is 0.414. The van der Waals surface area contributed by atoms with Gasteiger partial charge >= 0.3 is 6.18 Å². The predicted molar refractivity (Wildman–Crippen MR) is 152 cm³/mol. The molecule has 0 radical (unpaired) electrons. The van der Waals surface area contributed by atoms with Gasteiger partial charge in [-0.1, -0.05) is 0 Å². The Hall–Kier alpha value is -4.47. The van der Waals surface area contributed by atoms with Crippen LogP contribution in [0.2, 0.25) is 0 Å². The molecule has 4 N–H and O–H groups in total. The number of nitrogens with zero attached hydrogens (tertiary/aromatic N) is 5. The number of rotatable bonds is 11. The molecule has 0 unspecified atom stereocenters. The van der Waals surface area contributed by atoms with Gasteiger partial charge < -0.3 is 16.4 Å². The van der Waals surface area contributed by atoms with Crippen LogP contribution in [0.1, 0.15) is 54.2 Å². The Balaban J connectivity index is 1.33. The molecule has 5 rings (SSSR count). The minimum atomic E-state index is -4.93. The van der Waals surface area contributed by atoms with Crippen LogP contribution in [0.25, 0.3) is 16.9 Å². The summed E-state index contributed by atoms with van der Waals surface area (Å²) in [5, 5.41) is 8.92. The number of nitrogens with one attached hydrogen (secondary N) is 2. The molecule has 3 heterocycles. The van der Waals surface area contributed by atoms with Crippen molar-refractivity contribution in [1.29, 1.82) is 0 Å². The summed E-state index contributed by atoms with van der Waals surface area (Å²) in [5.74, 6) is -1.36. The molecule has 10 nitrogen and oxygen atoms in total. The number of carbonyl (C=O) groups is 2. The lowest BCUT2D eigenvalue weighted by Crippen LogP contribution is -2.41. The lowest BCUT2D eigenvalue weighted by molar-refractivity contribution is -0.141. The first kappa shape index (κ1) is 31.9. The van der Waals surface area contributed by atoms with E-state index in [0.29, 0.717) is 29.5 Å². The number of ketones is 1. The van der Waals surface area contributed by atoms with Crippen molar-refractivity contribution >= 4 is 28.8 Å². The van der Waals surface area contributed by atoms with E-state index in [1.54, 1.807) is 6.92 Å². The Morgan fingerprint density at radius 2 is 1.91 bits per heavy atom. The van der Waals surface area contributed by atoms with Crippen LogP contribution < -0.4 is 16.4 Å². The van der Waals surface area contributed by atoms with Crippen LogP contribution in [0.15, 0.2) is 36.9 Å². The predicted octanol–water partition coefficient (Wildman–Crippen LogP) is 5.27. The second-order valence-corrected chi connectivity index (χ2v) is 11.2. The van der Waals surface area contributed by atoms with Gasteiger partial charge in [0.05, 0.1) is 23.0 Å². The van der Waals surface area contributed by atoms with Crippen LogP contribution in [-0.2, 0) is 17.5 Å². The highest BCUT2D eigenvalue weighted by molar-refractivity contribution is 5.96. The van der Waals surface area contributed by atoms with Crippen LogP contribution in [0.5, 0.6) is 0 Å². The van der Waals surface area contributed by atoms with E-state index in [9.17, 15) is 31.5 Å². The average Bonchev–Trinajstić information content (AvgIpc) is 3.54. The minimum absolute atomic E-state index is 0.0363. The number of aryl methyl sites for hydroxylation is 1. The Labute approximate surface area is 253 Å². The van der Waals surface area contributed by atoms with E-state index in [0.717, 1.165) is 18.5 Å². The lowest BCUT2D eigenvalue weighted by atomic mass is 9.77. The van der Waals surface area contributed by atoms with Crippen LogP contribution in [0.4, 0.5) is 37.8 Å². The van der Waals surface area contributed by atoms with Crippen molar-refractivity contribution in [3.8, 4) is 11.3 Å². The number of hydrogen-bond acceptors (Lipinski definition) is 7. The molecule has 1 saturated carbocycles. The first-order chi connectivity index (χ1) is 21.2. The van der Waals surface area contributed by atoms with Crippen molar-refractivity contribution < 1.29 is 35.9 Å². The Kier molecular flexibility index (Phi) is 8.87. The second kappa shape index (κ2) is 12.5. The van der Waals surface area contributed by atoms with Crippen molar-refractivity contribution in [2.75, 3.05) is 5.32 Å². The maximum atomic E-state index is 15.2. The fourth-order valence-electron chi connectivity index (χ4n) is 5.36.